The summed E-state index contributed by atoms with van der Waals surface area (Å²) in [5.41, 5.74) is 0. The van der Waals surface area contributed by atoms with E-state index in [0.29, 0.717) is 24.3 Å². The van der Waals surface area contributed by atoms with Crippen LogP contribution in [0.15, 0.2) is 0 Å². The number of carbonyl (C=O) groups is 4. The largest absolute Gasteiger partial charge is 0.468 e. The number of nitrogens with one attached hydrogen (secondary N) is 1. The molecule has 1 amide bonds. The van der Waals surface area contributed by atoms with Crippen LogP contribution in [-0.2, 0) is 33.4 Å². The summed E-state index contributed by atoms with van der Waals surface area (Å²) in [4.78, 5) is 47.8. The van der Waals surface area contributed by atoms with Crippen LogP contribution in [0.4, 0.5) is 0 Å². The van der Waals surface area contributed by atoms with Gasteiger partial charge in [0.2, 0.25) is 5.91 Å². The summed E-state index contributed by atoms with van der Waals surface area (Å²) in [6, 6.07) is 0. The molecule has 0 saturated heterocycles. The Hall–Kier alpha value is -1.81. The van der Waals surface area contributed by atoms with Crippen LogP contribution in [0.2, 0.25) is 0 Å². The lowest BCUT2D eigenvalue weighted by Crippen LogP contribution is -2.30. The third-order valence-corrected chi connectivity index (χ3v) is 8.38. The Balaban J connectivity index is 0. The first-order chi connectivity index (χ1) is 21.9. The molecule has 0 heterocycles. The van der Waals surface area contributed by atoms with Crippen molar-refractivity contribution in [2.45, 2.75) is 161 Å². The van der Waals surface area contributed by atoms with Gasteiger partial charge in [-0.25, -0.2) is 0 Å². The molecule has 0 fully saturated rings. The molecular weight excluding hydrogens is 594 g/mol. The summed E-state index contributed by atoms with van der Waals surface area (Å²) in [6.45, 7) is 4.56. The maximum atomic E-state index is 12.6. The van der Waals surface area contributed by atoms with Gasteiger partial charge in [0, 0.05) is 31.5 Å². The lowest BCUT2D eigenvalue weighted by atomic mass is 10.0. The Morgan fingerprint density at radius 2 is 1.16 bits per heavy atom. The quantitative estimate of drug-likeness (QED) is 0.0436. The fourth-order valence-corrected chi connectivity index (χ4v) is 5.50. The van der Waals surface area contributed by atoms with Crippen LogP contribution < -0.4 is 5.32 Å². The highest BCUT2D eigenvalue weighted by Gasteiger charge is 2.19. The number of esters is 3. The fraction of sp³-hybridized carbons (Fsp3) is 0.886. The number of hydrogen-bond acceptors (Lipinski definition) is 9. The highest BCUT2D eigenvalue weighted by Crippen LogP contribution is 2.17. The summed E-state index contributed by atoms with van der Waals surface area (Å²) in [5.74, 6) is -0.151. The number of aliphatic hydroxyl groups is 1. The molecule has 0 radical (unpaired) electrons. The fourth-order valence-electron chi connectivity index (χ4n) is 4.77. The van der Waals surface area contributed by atoms with Gasteiger partial charge in [0.05, 0.1) is 13.5 Å². The second-order valence-corrected chi connectivity index (χ2v) is 12.7. The van der Waals surface area contributed by atoms with Crippen molar-refractivity contribution in [2.75, 3.05) is 38.9 Å². The Kier molecular flexibility index (Phi) is 36.9. The van der Waals surface area contributed by atoms with Gasteiger partial charge in [-0.3, -0.25) is 19.2 Å². The van der Waals surface area contributed by atoms with Crippen LogP contribution >= 0.6 is 11.8 Å². The third kappa shape index (κ3) is 34.9. The number of thioether (sulfide) groups is 1. The number of amides is 1. The van der Waals surface area contributed by atoms with Crippen molar-refractivity contribution in [3.8, 4) is 0 Å². The monoisotopic (exact) mass is 661 g/mol. The van der Waals surface area contributed by atoms with Crippen molar-refractivity contribution in [1.82, 2.24) is 5.32 Å². The topological polar surface area (TPSA) is 128 Å². The van der Waals surface area contributed by atoms with Gasteiger partial charge < -0.3 is 24.6 Å². The molecule has 45 heavy (non-hydrogen) atoms. The van der Waals surface area contributed by atoms with E-state index in [1.165, 1.54) is 102 Å². The summed E-state index contributed by atoms with van der Waals surface area (Å²) < 4.78 is 15.6. The van der Waals surface area contributed by atoms with Crippen LogP contribution in [0.25, 0.3) is 0 Å². The Bertz CT molecular complexity index is 707. The van der Waals surface area contributed by atoms with E-state index in [1.54, 1.807) is 0 Å². The molecule has 2 N–H and O–H groups in total. The van der Waals surface area contributed by atoms with E-state index < -0.39 is 12.1 Å². The number of methoxy groups -OCH3 is 1. The summed E-state index contributed by atoms with van der Waals surface area (Å²) in [6.07, 6.45) is 22.7. The number of carbonyl (C=O) groups excluding carboxylic acids is 4. The molecule has 0 bridgehead atoms. The van der Waals surface area contributed by atoms with E-state index in [1.807, 2.05) is 0 Å². The van der Waals surface area contributed by atoms with Crippen LogP contribution in [0.5, 0.6) is 0 Å². The van der Waals surface area contributed by atoms with Crippen molar-refractivity contribution < 1.29 is 38.5 Å². The molecule has 0 aliphatic heterocycles. The van der Waals surface area contributed by atoms with Gasteiger partial charge in [-0.1, -0.05) is 117 Å². The molecule has 1 unspecified atom stereocenters. The van der Waals surface area contributed by atoms with Crippen LogP contribution in [0, 0.1) is 0 Å². The normalized spacial score (nSPS) is 11.2. The van der Waals surface area contributed by atoms with Crippen molar-refractivity contribution in [3.05, 3.63) is 0 Å². The molecule has 0 aromatic carbocycles. The number of rotatable bonds is 31. The minimum absolute atomic E-state index is 0.0844. The van der Waals surface area contributed by atoms with Crippen molar-refractivity contribution in [1.29, 1.82) is 0 Å². The highest BCUT2D eigenvalue weighted by atomic mass is 32.2. The van der Waals surface area contributed by atoms with Crippen LogP contribution in [0.3, 0.4) is 0 Å². The molecule has 0 spiro atoms. The smallest absolute Gasteiger partial charge is 0.325 e. The van der Waals surface area contributed by atoms with Crippen LogP contribution in [0.1, 0.15) is 155 Å². The average molecular weight is 662 g/mol. The van der Waals surface area contributed by atoms with Gasteiger partial charge >= 0.3 is 17.9 Å². The number of ether oxygens (including phenoxy) is 3. The van der Waals surface area contributed by atoms with Crippen molar-refractivity contribution in [3.63, 3.8) is 0 Å². The Labute approximate surface area is 279 Å². The first-order valence-corrected chi connectivity index (χ1v) is 18.8. The van der Waals surface area contributed by atoms with E-state index >= 15 is 0 Å². The van der Waals surface area contributed by atoms with E-state index in [2.05, 4.69) is 23.9 Å². The summed E-state index contributed by atoms with van der Waals surface area (Å²) in [7, 11) is 2.27. The predicted octanol–water partition coefficient (Wildman–Crippen LogP) is 7.69. The lowest BCUT2D eigenvalue weighted by Gasteiger charge is -2.17. The Morgan fingerprint density at radius 1 is 0.644 bits per heavy atom. The Morgan fingerprint density at radius 3 is 1.69 bits per heavy atom. The molecule has 0 aliphatic rings. The van der Waals surface area contributed by atoms with Gasteiger partial charge in [0.25, 0.3) is 0 Å². The first kappa shape index (κ1) is 45.3. The molecule has 266 valence electrons. The molecule has 1 atom stereocenters. The number of aliphatic hydroxyl groups excluding tert-OH is 1. The van der Waals surface area contributed by atoms with Gasteiger partial charge in [0.1, 0.15) is 19.3 Å². The average Bonchev–Trinajstić information content (AvgIpc) is 3.04. The molecule has 0 aromatic rings. The molecule has 0 rings (SSSR count). The molecular formula is C35H67NO8S. The maximum Gasteiger partial charge on any atom is 0.325 e. The van der Waals surface area contributed by atoms with E-state index in [0.717, 1.165) is 39.2 Å². The van der Waals surface area contributed by atoms with E-state index in [9.17, 15) is 19.2 Å². The minimum atomic E-state index is -0.488. The van der Waals surface area contributed by atoms with Gasteiger partial charge in [-0.2, -0.15) is 11.8 Å². The van der Waals surface area contributed by atoms with Crippen molar-refractivity contribution in [2.24, 2.45) is 0 Å². The van der Waals surface area contributed by atoms with E-state index in [-0.39, 0.29) is 43.8 Å². The molecule has 0 aromatic heterocycles. The summed E-state index contributed by atoms with van der Waals surface area (Å²) >= 11 is 1.50. The van der Waals surface area contributed by atoms with Gasteiger partial charge in [-0.15, -0.1) is 0 Å². The highest BCUT2D eigenvalue weighted by molar-refractivity contribution is 7.99. The molecule has 10 heteroatoms. The second kappa shape index (κ2) is 36.7. The third-order valence-electron chi connectivity index (χ3n) is 7.43. The van der Waals surface area contributed by atoms with Gasteiger partial charge in [0.15, 0.2) is 0 Å². The van der Waals surface area contributed by atoms with Crippen LogP contribution in [-0.4, -0.2) is 73.9 Å². The lowest BCUT2D eigenvalue weighted by molar-refractivity contribution is -0.155. The molecule has 0 saturated carbocycles. The predicted molar refractivity (Wildman–Crippen MR) is 184 cm³/mol. The second-order valence-electron chi connectivity index (χ2n) is 11.4. The standard InChI is InChI=1S/C34H63NO7S.CH4O/c1-4-6-8-10-12-14-16-18-20-22-30(42-32(37)23-21-19-17-15-13-11-9-7-5-2)28-33(38)41-25-27-43-26-24-31(36)35-29-34(39)40-3;1-2/h30H,4-29H2,1-3H3,(H,35,36);2H,1H3. The minimum Gasteiger partial charge on any atom is -0.468 e. The zero-order valence-corrected chi connectivity index (χ0v) is 30.0. The molecule has 0 aliphatic carbocycles. The number of hydrogen-bond donors (Lipinski definition) is 2. The zero-order valence-electron chi connectivity index (χ0n) is 29.2. The van der Waals surface area contributed by atoms with Gasteiger partial charge in [-0.05, 0) is 19.3 Å². The summed E-state index contributed by atoms with van der Waals surface area (Å²) in [5, 5.41) is 9.49. The SMILES string of the molecule is CCCCCCCCCCCC(=O)OC(CCCCCCCCCCC)CC(=O)OCCSCCC(=O)NCC(=O)OC.CO. The first-order valence-electron chi connectivity index (χ1n) is 17.6. The van der Waals surface area contributed by atoms with E-state index in [4.69, 9.17) is 14.6 Å². The molecule has 9 nitrogen and oxygen atoms in total. The number of unbranched alkanes of at least 4 members (excludes halogenated alkanes) is 16. The maximum absolute atomic E-state index is 12.6. The van der Waals surface area contributed by atoms with Crippen molar-refractivity contribution >= 4 is 35.6 Å². The zero-order chi connectivity index (χ0) is 33.8.